The number of aromatic nitrogens is 1. The van der Waals surface area contributed by atoms with Crippen LogP contribution < -0.4 is 9.64 Å². The highest BCUT2D eigenvalue weighted by molar-refractivity contribution is 7.22. The molecule has 1 aromatic heterocycles. The standard InChI is InChI=1S/C31H28N2O4S/c1-17-15-20-16-19(11-14-23(20)37-17)27(34)25-26(18-9-12-21(13-10-18)31(2,3)4)33(29(36)28(25)35)30-32-22-7-5-6-8-24(22)38-30/h5-14,16-17,26,34H,15H2,1-4H3/b27-25+. The van der Waals surface area contributed by atoms with Crippen molar-refractivity contribution < 1.29 is 19.4 Å². The lowest BCUT2D eigenvalue weighted by atomic mass is 9.85. The quantitative estimate of drug-likeness (QED) is 0.187. The van der Waals surface area contributed by atoms with Gasteiger partial charge in [0.05, 0.1) is 21.8 Å². The fourth-order valence-corrected chi connectivity index (χ4v) is 6.19. The smallest absolute Gasteiger partial charge is 0.301 e. The van der Waals surface area contributed by atoms with Crippen LogP contribution in [0.4, 0.5) is 5.13 Å². The molecule has 2 aliphatic heterocycles. The molecule has 1 amide bonds. The number of ketones is 1. The second kappa shape index (κ2) is 8.81. The molecule has 3 aromatic carbocycles. The average Bonchev–Trinajstić information content (AvgIpc) is 3.55. The number of anilines is 1. The summed E-state index contributed by atoms with van der Waals surface area (Å²) in [5.74, 6) is -0.845. The Kier molecular flexibility index (Phi) is 5.65. The molecule has 2 aliphatic rings. The minimum atomic E-state index is -0.812. The van der Waals surface area contributed by atoms with Gasteiger partial charge in [-0.05, 0) is 59.4 Å². The van der Waals surface area contributed by atoms with E-state index in [9.17, 15) is 14.7 Å². The molecule has 2 atom stereocenters. The van der Waals surface area contributed by atoms with E-state index in [0.29, 0.717) is 17.1 Å². The molecule has 4 aromatic rings. The zero-order chi connectivity index (χ0) is 26.8. The topological polar surface area (TPSA) is 79.7 Å². The third-order valence-corrected chi connectivity index (χ3v) is 8.23. The first-order valence-corrected chi connectivity index (χ1v) is 13.5. The van der Waals surface area contributed by atoms with Crippen molar-refractivity contribution in [3.05, 3.63) is 94.6 Å². The van der Waals surface area contributed by atoms with Crippen LogP contribution in [0, 0.1) is 0 Å². The van der Waals surface area contributed by atoms with Crippen molar-refractivity contribution in [3.63, 3.8) is 0 Å². The van der Waals surface area contributed by atoms with Crippen LogP contribution in [0.15, 0.2) is 72.3 Å². The van der Waals surface area contributed by atoms with Gasteiger partial charge in [0.25, 0.3) is 5.78 Å². The molecule has 38 heavy (non-hydrogen) atoms. The summed E-state index contributed by atoms with van der Waals surface area (Å²) in [4.78, 5) is 33.2. The van der Waals surface area contributed by atoms with Crippen LogP contribution >= 0.6 is 11.3 Å². The van der Waals surface area contributed by atoms with Gasteiger partial charge in [0.15, 0.2) is 5.13 Å². The fraction of sp³-hybridized carbons (Fsp3) is 0.258. The van der Waals surface area contributed by atoms with Gasteiger partial charge in [0, 0.05) is 12.0 Å². The summed E-state index contributed by atoms with van der Waals surface area (Å²) < 4.78 is 6.72. The number of ether oxygens (including phenoxy) is 1. The second-order valence-corrected chi connectivity index (χ2v) is 12.0. The lowest BCUT2D eigenvalue weighted by molar-refractivity contribution is -0.132. The van der Waals surface area contributed by atoms with Gasteiger partial charge in [0.1, 0.15) is 17.6 Å². The third-order valence-electron chi connectivity index (χ3n) is 7.19. The number of amides is 1. The van der Waals surface area contributed by atoms with Gasteiger partial charge in [0.2, 0.25) is 0 Å². The van der Waals surface area contributed by atoms with Crippen LogP contribution in [0.5, 0.6) is 5.75 Å². The number of carbonyl (C=O) groups excluding carboxylic acids is 2. The first-order chi connectivity index (χ1) is 18.1. The number of hydrogen-bond acceptors (Lipinski definition) is 6. The van der Waals surface area contributed by atoms with Crippen LogP contribution in [0.3, 0.4) is 0 Å². The van der Waals surface area contributed by atoms with Crippen molar-refractivity contribution in [2.75, 3.05) is 4.90 Å². The molecule has 1 fully saturated rings. The normalized spacial score (nSPS) is 20.7. The Morgan fingerprint density at radius 2 is 1.79 bits per heavy atom. The van der Waals surface area contributed by atoms with Crippen LogP contribution in [0.1, 0.15) is 56.0 Å². The molecule has 2 unspecified atom stereocenters. The second-order valence-electron chi connectivity index (χ2n) is 11.0. The molecule has 6 rings (SSSR count). The monoisotopic (exact) mass is 524 g/mol. The lowest BCUT2D eigenvalue weighted by Gasteiger charge is -2.24. The van der Waals surface area contributed by atoms with E-state index in [1.165, 1.54) is 16.2 Å². The number of benzene rings is 3. The number of fused-ring (bicyclic) bond motifs is 2. The average molecular weight is 525 g/mol. The first kappa shape index (κ1) is 24.4. The van der Waals surface area contributed by atoms with Gasteiger partial charge < -0.3 is 9.84 Å². The van der Waals surface area contributed by atoms with E-state index in [0.717, 1.165) is 32.7 Å². The molecule has 7 heteroatoms. The SMILES string of the molecule is CC1Cc2cc(/C(O)=C3\C(=O)C(=O)N(c4nc5ccccc5s4)C3c3ccc(C(C)(C)C)cc3)ccc2O1. The van der Waals surface area contributed by atoms with Gasteiger partial charge in [-0.3, -0.25) is 14.5 Å². The van der Waals surface area contributed by atoms with Gasteiger partial charge >= 0.3 is 5.91 Å². The summed E-state index contributed by atoms with van der Waals surface area (Å²) in [7, 11) is 0. The van der Waals surface area contributed by atoms with Crippen LogP contribution in [-0.4, -0.2) is 27.9 Å². The van der Waals surface area contributed by atoms with Gasteiger partial charge in [-0.25, -0.2) is 4.98 Å². The number of hydrogen-bond donors (Lipinski definition) is 1. The van der Waals surface area contributed by atoms with E-state index in [1.54, 1.807) is 6.07 Å². The number of para-hydroxylation sites is 1. The summed E-state index contributed by atoms with van der Waals surface area (Å²) in [6.07, 6.45) is 0.766. The van der Waals surface area contributed by atoms with Crippen molar-refractivity contribution in [1.29, 1.82) is 0 Å². The summed E-state index contributed by atoms with van der Waals surface area (Å²) in [5, 5.41) is 12.0. The molecule has 1 saturated heterocycles. The maximum Gasteiger partial charge on any atom is 0.301 e. The molecule has 0 aliphatic carbocycles. The molecule has 192 valence electrons. The van der Waals surface area contributed by atoms with Crippen molar-refractivity contribution >= 4 is 44.1 Å². The maximum absolute atomic E-state index is 13.6. The zero-order valence-electron chi connectivity index (χ0n) is 21.7. The largest absolute Gasteiger partial charge is 0.507 e. The Morgan fingerprint density at radius 3 is 2.50 bits per heavy atom. The number of nitrogens with zero attached hydrogens (tertiary/aromatic N) is 2. The van der Waals surface area contributed by atoms with Gasteiger partial charge in [-0.15, -0.1) is 0 Å². The van der Waals surface area contributed by atoms with Gasteiger partial charge in [-0.1, -0.05) is 68.5 Å². The third kappa shape index (κ3) is 3.98. The van der Waals surface area contributed by atoms with Crippen LogP contribution in [0.2, 0.25) is 0 Å². The van der Waals surface area contributed by atoms with E-state index in [1.807, 2.05) is 67.6 Å². The maximum atomic E-state index is 13.6. The summed E-state index contributed by atoms with van der Waals surface area (Å²) in [5.41, 5.74) is 4.07. The minimum absolute atomic E-state index is 0.0494. The number of thiazole rings is 1. The van der Waals surface area contributed by atoms with E-state index in [2.05, 4.69) is 25.8 Å². The van der Waals surface area contributed by atoms with Crippen molar-refractivity contribution in [3.8, 4) is 5.75 Å². The molecule has 6 nitrogen and oxygen atoms in total. The molecule has 0 spiro atoms. The molecule has 1 N–H and O–H groups in total. The molecular weight excluding hydrogens is 496 g/mol. The predicted octanol–water partition coefficient (Wildman–Crippen LogP) is 6.54. The zero-order valence-corrected chi connectivity index (χ0v) is 22.5. The van der Waals surface area contributed by atoms with Crippen LogP contribution in [0.25, 0.3) is 16.0 Å². The molecule has 0 radical (unpaired) electrons. The molecule has 0 bridgehead atoms. The Bertz CT molecular complexity index is 1590. The lowest BCUT2D eigenvalue weighted by Crippen LogP contribution is -2.29. The summed E-state index contributed by atoms with van der Waals surface area (Å²) in [6, 6.07) is 20.1. The highest BCUT2D eigenvalue weighted by Crippen LogP contribution is 2.45. The number of aliphatic hydroxyl groups is 1. The molecule has 0 saturated carbocycles. The minimum Gasteiger partial charge on any atom is -0.507 e. The van der Waals surface area contributed by atoms with Crippen molar-refractivity contribution in [2.24, 2.45) is 0 Å². The Morgan fingerprint density at radius 1 is 1.05 bits per heavy atom. The van der Waals surface area contributed by atoms with E-state index in [-0.39, 0.29) is 22.9 Å². The molecule has 3 heterocycles. The molecular formula is C31H28N2O4S. The summed E-state index contributed by atoms with van der Waals surface area (Å²) >= 11 is 1.35. The van der Waals surface area contributed by atoms with Crippen molar-refractivity contribution in [2.45, 2.75) is 51.7 Å². The summed E-state index contributed by atoms with van der Waals surface area (Å²) in [6.45, 7) is 8.39. The highest BCUT2D eigenvalue weighted by atomic mass is 32.1. The fourth-order valence-electron chi connectivity index (χ4n) is 5.20. The first-order valence-electron chi connectivity index (χ1n) is 12.7. The van der Waals surface area contributed by atoms with E-state index in [4.69, 9.17) is 4.74 Å². The Labute approximate surface area is 225 Å². The van der Waals surface area contributed by atoms with E-state index < -0.39 is 17.7 Å². The highest BCUT2D eigenvalue weighted by Gasteiger charge is 2.48. The van der Waals surface area contributed by atoms with E-state index >= 15 is 0 Å². The number of Topliss-reactive ketones (excluding diaryl/α,β-unsaturated/α-hetero) is 1. The Balaban J connectivity index is 1.53. The number of aliphatic hydroxyl groups excluding tert-OH is 1. The number of carbonyl (C=O) groups is 2. The number of rotatable bonds is 3. The van der Waals surface area contributed by atoms with Crippen LogP contribution in [-0.2, 0) is 21.4 Å². The predicted molar refractivity (Wildman–Crippen MR) is 150 cm³/mol. The van der Waals surface area contributed by atoms with Gasteiger partial charge in [-0.2, -0.15) is 0 Å². The van der Waals surface area contributed by atoms with Crippen molar-refractivity contribution in [1.82, 2.24) is 4.98 Å². The Hall–Kier alpha value is -3.97.